The van der Waals surface area contributed by atoms with E-state index in [4.69, 9.17) is 14.1 Å². The number of hydrogen-bond donors (Lipinski definition) is 2. The van der Waals surface area contributed by atoms with Gasteiger partial charge < -0.3 is 19.8 Å². The number of aromatic nitrogens is 1. The largest absolute Gasteiger partial charge is 0.443 e. The Morgan fingerprint density at radius 3 is 2.78 bits per heavy atom. The lowest BCUT2D eigenvalue weighted by Gasteiger charge is -2.57. The van der Waals surface area contributed by atoms with Crippen LogP contribution in [-0.2, 0) is 16.7 Å². The molecular formula is C21H34N4O2. The van der Waals surface area contributed by atoms with E-state index in [0.29, 0.717) is 35.9 Å². The highest BCUT2D eigenvalue weighted by Gasteiger charge is 2.65. The first-order valence-electron chi connectivity index (χ1n) is 10.6. The van der Waals surface area contributed by atoms with Gasteiger partial charge in [0.2, 0.25) is 5.89 Å². The lowest BCUT2D eigenvalue weighted by Crippen LogP contribution is -2.69. The molecule has 3 unspecified atom stereocenters. The van der Waals surface area contributed by atoms with Gasteiger partial charge in [0.15, 0.2) is 5.96 Å². The van der Waals surface area contributed by atoms with Crippen LogP contribution >= 0.6 is 0 Å². The molecule has 150 valence electrons. The fourth-order valence-corrected chi connectivity index (χ4v) is 5.25. The maximum atomic E-state index is 6.10. The van der Waals surface area contributed by atoms with Crippen LogP contribution < -0.4 is 10.6 Å². The fourth-order valence-electron chi connectivity index (χ4n) is 5.25. The van der Waals surface area contributed by atoms with Crippen molar-refractivity contribution in [1.29, 1.82) is 0 Å². The van der Waals surface area contributed by atoms with Gasteiger partial charge in [-0.05, 0) is 26.2 Å². The molecule has 3 atom stereocenters. The Morgan fingerprint density at radius 1 is 1.33 bits per heavy atom. The first-order valence-corrected chi connectivity index (χ1v) is 10.6. The molecular weight excluding hydrogens is 340 g/mol. The zero-order chi connectivity index (χ0) is 19.1. The molecule has 1 aromatic heterocycles. The Kier molecular flexibility index (Phi) is 4.95. The van der Waals surface area contributed by atoms with Gasteiger partial charge in [-0.3, -0.25) is 0 Å². The van der Waals surface area contributed by atoms with E-state index in [0.717, 1.165) is 31.3 Å². The first kappa shape index (κ1) is 18.8. The highest BCUT2D eigenvalue weighted by atomic mass is 16.5. The lowest BCUT2D eigenvalue weighted by atomic mass is 9.54. The van der Waals surface area contributed by atoms with Gasteiger partial charge in [0.25, 0.3) is 0 Å². The van der Waals surface area contributed by atoms with Crippen LogP contribution in [0.2, 0.25) is 0 Å². The average molecular weight is 375 g/mol. The molecule has 1 spiro atoms. The summed E-state index contributed by atoms with van der Waals surface area (Å²) in [7, 11) is 0. The molecule has 6 nitrogen and oxygen atoms in total. The molecule has 27 heavy (non-hydrogen) atoms. The van der Waals surface area contributed by atoms with Crippen LogP contribution in [0, 0.1) is 11.3 Å². The quantitative estimate of drug-likeness (QED) is 0.624. The highest BCUT2D eigenvalue weighted by molar-refractivity contribution is 5.80. The van der Waals surface area contributed by atoms with E-state index in [1.807, 2.05) is 6.20 Å². The second kappa shape index (κ2) is 7.12. The van der Waals surface area contributed by atoms with Crippen LogP contribution in [0.5, 0.6) is 0 Å². The second-order valence-corrected chi connectivity index (χ2v) is 9.37. The molecule has 0 amide bonds. The van der Waals surface area contributed by atoms with Gasteiger partial charge >= 0.3 is 0 Å². The minimum atomic E-state index is -0.0318. The average Bonchev–Trinajstić information content (AvgIpc) is 3.36. The molecule has 0 bridgehead atoms. The fraction of sp³-hybridized carbons (Fsp3) is 0.810. The molecule has 1 saturated heterocycles. The smallest absolute Gasteiger partial charge is 0.216 e. The molecule has 2 heterocycles. The number of hydrogen-bond acceptors (Lipinski definition) is 4. The standard InChI is InChI=1S/C21H34N4O2/c1-5-22-19(24-13-16-23-12-15(27-16)20(2,3)4)25-17-14-8-11-26-18(14)21(17)9-6-7-10-21/h12,14,17-18H,5-11,13H2,1-4H3,(H2,22,24,25). The van der Waals surface area contributed by atoms with Crippen molar-refractivity contribution in [2.24, 2.45) is 16.3 Å². The predicted molar refractivity (Wildman–Crippen MR) is 106 cm³/mol. The maximum absolute atomic E-state index is 6.10. The summed E-state index contributed by atoms with van der Waals surface area (Å²) < 4.78 is 12.0. The zero-order valence-electron chi connectivity index (χ0n) is 17.2. The van der Waals surface area contributed by atoms with E-state index < -0.39 is 0 Å². The molecule has 6 heteroatoms. The van der Waals surface area contributed by atoms with E-state index in [1.165, 1.54) is 25.7 Å². The SMILES string of the molecule is CCNC(=NCc1ncc(C(C)(C)C)o1)NC1C2CCOC2C12CCCC2. The second-order valence-electron chi connectivity index (χ2n) is 9.37. The van der Waals surface area contributed by atoms with Gasteiger partial charge in [0.1, 0.15) is 12.3 Å². The van der Waals surface area contributed by atoms with E-state index in [9.17, 15) is 0 Å². The summed E-state index contributed by atoms with van der Waals surface area (Å²) in [6.07, 6.45) is 8.65. The summed E-state index contributed by atoms with van der Waals surface area (Å²) in [6.45, 7) is 10.7. The van der Waals surface area contributed by atoms with Gasteiger partial charge in [0, 0.05) is 35.9 Å². The van der Waals surface area contributed by atoms with Crippen molar-refractivity contribution >= 4 is 5.96 Å². The van der Waals surface area contributed by atoms with E-state index in [1.54, 1.807) is 0 Å². The summed E-state index contributed by atoms with van der Waals surface area (Å²) in [4.78, 5) is 9.17. The van der Waals surface area contributed by atoms with Crippen molar-refractivity contribution in [2.45, 2.75) is 83.9 Å². The topological polar surface area (TPSA) is 71.7 Å². The first-order chi connectivity index (χ1) is 12.9. The van der Waals surface area contributed by atoms with E-state index >= 15 is 0 Å². The van der Waals surface area contributed by atoms with Crippen molar-refractivity contribution in [3.8, 4) is 0 Å². The third-order valence-electron chi connectivity index (χ3n) is 6.59. The van der Waals surface area contributed by atoms with Crippen molar-refractivity contribution in [2.75, 3.05) is 13.2 Å². The molecule has 1 aromatic rings. The van der Waals surface area contributed by atoms with E-state index in [-0.39, 0.29) is 5.41 Å². The normalized spacial score (nSPS) is 29.6. The van der Waals surface area contributed by atoms with Crippen LogP contribution in [0.25, 0.3) is 0 Å². The molecule has 2 saturated carbocycles. The Bertz CT molecular complexity index is 685. The molecule has 2 aliphatic carbocycles. The van der Waals surface area contributed by atoms with Gasteiger partial charge in [-0.2, -0.15) is 0 Å². The summed E-state index contributed by atoms with van der Waals surface area (Å²) in [5.41, 5.74) is 0.287. The summed E-state index contributed by atoms with van der Waals surface area (Å²) in [5, 5.41) is 7.16. The van der Waals surface area contributed by atoms with Crippen LogP contribution in [-0.4, -0.2) is 36.2 Å². The van der Waals surface area contributed by atoms with Crippen LogP contribution in [0.3, 0.4) is 0 Å². The zero-order valence-corrected chi connectivity index (χ0v) is 17.2. The van der Waals surface area contributed by atoms with Crippen LogP contribution in [0.4, 0.5) is 0 Å². The lowest BCUT2D eigenvalue weighted by molar-refractivity contribution is -0.125. The summed E-state index contributed by atoms with van der Waals surface area (Å²) >= 11 is 0. The number of nitrogens with one attached hydrogen (secondary N) is 2. The minimum Gasteiger partial charge on any atom is -0.443 e. The third-order valence-corrected chi connectivity index (χ3v) is 6.59. The number of oxazole rings is 1. The van der Waals surface area contributed by atoms with Gasteiger partial charge in [-0.25, -0.2) is 9.98 Å². The maximum Gasteiger partial charge on any atom is 0.216 e. The van der Waals surface area contributed by atoms with Gasteiger partial charge in [-0.15, -0.1) is 0 Å². The molecule has 0 radical (unpaired) electrons. The number of fused-ring (bicyclic) bond motifs is 2. The number of ether oxygens (including phenoxy) is 1. The van der Waals surface area contributed by atoms with Crippen molar-refractivity contribution in [3.05, 3.63) is 17.8 Å². The monoisotopic (exact) mass is 374 g/mol. The van der Waals surface area contributed by atoms with Crippen LogP contribution in [0.15, 0.2) is 15.6 Å². The third kappa shape index (κ3) is 3.37. The van der Waals surface area contributed by atoms with Crippen molar-refractivity contribution < 1.29 is 9.15 Å². The molecule has 2 N–H and O–H groups in total. The molecule has 3 fully saturated rings. The molecule has 0 aromatic carbocycles. The summed E-state index contributed by atoms with van der Waals surface area (Å²) in [5.74, 6) is 3.07. The number of nitrogens with zero attached hydrogens (tertiary/aromatic N) is 2. The van der Waals surface area contributed by atoms with Gasteiger partial charge in [-0.1, -0.05) is 33.6 Å². The molecule has 3 aliphatic rings. The minimum absolute atomic E-state index is 0.0318. The van der Waals surface area contributed by atoms with Gasteiger partial charge in [0.05, 0.1) is 12.3 Å². The number of guanidine groups is 1. The predicted octanol–water partition coefficient (Wildman–Crippen LogP) is 3.37. The summed E-state index contributed by atoms with van der Waals surface area (Å²) in [6, 6.07) is 0.472. The highest BCUT2D eigenvalue weighted by Crippen LogP contribution is 2.60. The Morgan fingerprint density at radius 2 is 2.11 bits per heavy atom. The van der Waals surface area contributed by atoms with Crippen LogP contribution in [0.1, 0.15) is 71.5 Å². The molecule has 4 rings (SSSR count). The Balaban J connectivity index is 1.46. The molecule has 1 aliphatic heterocycles. The van der Waals surface area contributed by atoms with Crippen molar-refractivity contribution in [1.82, 2.24) is 15.6 Å². The number of aliphatic imine (C=N–C) groups is 1. The Hall–Kier alpha value is -1.56. The van der Waals surface area contributed by atoms with Crippen molar-refractivity contribution in [3.63, 3.8) is 0 Å². The Labute approximate surface area is 162 Å². The van der Waals surface area contributed by atoms with E-state index in [2.05, 4.69) is 43.3 Å². The number of rotatable bonds is 4.